The van der Waals surface area contributed by atoms with E-state index in [1.54, 1.807) is 18.3 Å². The molecule has 3 N–H and O–H groups in total. The number of methoxy groups -OCH3 is 1. The number of likely N-dealkylation sites (tertiary alicyclic amines) is 1. The number of pyridine rings is 1. The number of nitrogens with one attached hydrogen (secondary N) is 3. The van der Waals surface area contributed by atoms with Crippen molar-refractivity contribution in [2.75, 3.05) is 39.9 Å². The van der Waals surface area contributed by atoms with Crippen molar-refractivity contribution < 1.29 is 23.9 Å². The highest BCUT2D eigenvalue weighted by molar-refractivity contribution is 7.10. The van der Waals surface area contributed by atoms with E-state index in [0.717, 1.165) is 88.6 Å². The topological polar surface area (TPSA) is 167 Å². The zero-order valence-electron chi connectivity index (χ0n) is 37.1. The Morgan fingerprint density at radius 3 is 2.63 bits per heavy atom. The number of hydrazine groups is 1. The van der Waals surface area contributed by atoms with Gasteiger partial charge in [-0.05, 0) is 93.7 Å². The summed E-state index contributed by atoms with van der Waals surface area (Å²) in [7, 11) is 1.70. The van der Waals surface area contributed by atoms with E-state index in [9.17, 15) is 14.9 Å². The highest BCUT2D eigenvalue weighted by Gasteiger charge is 2.55. The van der Waals surface area contributed by atoms with Gasteiger partial charge in [0, 0.05) is 83.3 Å². The number of ether oxygens (including phenoxy) is 2. The van der Waals surface area contributed by atoms with E-state index in [-0.39, 0.29) is 59.8 Å². The molecule has 6 bridgehead atoms. The first-order valence-electron chi connectivity index (χ1n) is 22.8. The van der Waals surface area contributed by atoms with Crippen LogP contribution in [0.1, 0.15) is 101 Å². The molecule has 15 heteroatoms. The number of cyclic esters (lactones) is 1. The second-order valence-corrected chi connectivity index (χ2v) is 21.0. The highest BCUT2D eigenvalue weighted by Crippen LogP contribution is 2.49. The van der Waals surface area contributed by atoms with Crippen LogP contribution in [0, 0.1) is 40.4 Å². The van der Waals surface area contributed by atoms with Crippen LogP contribution in [0.2, 0.25) is 0 Å². The summed E-state index contributed by atoms with van der Waals surface area (Å²) in [5.74, 6) is -0.530. The molecule has 0 radical (unpaired) electrons. The molecular formula is C48H59N9O5S. The molecule has 7 atom stereocenters. The number of esters is 1. The second-order valence-electron chi connectivity index (χ2n) is 20.1. The first-order chi connectivity index (χ1) is 30.3. The molecule has 3 aromatic heterocycles. The van der Waals surface area contributed by atoms with Crippen LogP contribution in [0.15, 0.2) is 41.9 Å². The highest BCUT2D eigenvalue weighted by atomic mass is 32.1. The smallest absolute Gasteiger partial charge is 0.324 e. The Hall–Kier alpha value is -4.72. The van der Waals surface area contributed by atoms with Gasteiger partial charge >= 0.3 is 5.97 Å². The van der Waals surface area contributed by atoms with Crippen LogP contribution in [0.3, 0.4) is 0 Å². The van der Waals surface area contributed by atoms with E-state index in [1.807, 2.05) is 13.0 Å². The minimum absolute atomic E-state index is 0.00438. The summed E-state index contributed by atoms with van der Waals surface area (Å²) < 4.78 is 14.5. The first-order valence-corrected chi connectivity index (χ1v) is 23.7. The lowest BCUT2D eigenvalue weighted by Gasteiger charge is -2.59. The molecule has 1 unspecified atom stereocenters. The van der Waals surface area contributed by atoms with Crippen molar-refractivity contribution in [3.8, 4) is 28.6 Å². The minimum Gasteiger partial charge on any atom is -0.464 e. The molecule has 10 rings (SSSR count). The Balaban J connectivity index is 1.14. The van der Waals surface area contributed by atoms with Crippen molar-refractivity contribution in [1.82, 2.24) is 40.5 Å². The summed E-state index contributed by atoms with van der Waals surface area (Å²) in [5.41, 5.74) is 9.50. The summed E-state index contributed by atoms with van der Waals surface area (Å²) in [6.07, 6.45) is 5.77. The van der Waals surface area contributed by atoms with Crippen molar-refractivity contribution in [3.05, 3.63) is 58.2 Å². The third kappa shape index (κ3) is 7.45. The lowest BCUT2D eigenvalue weighted by atomic mass is 9.78. The molecule has 2 saturated carbocycles. The van der Waals surface area contributed by atoms with E-state index >= 15 is 4.79 Å². The van der Waals surface area contributed by atoms with E-state index in [1.165, 1.54) is 11.3 Å². The molecule has 3 saturated heterocycles. The Morgan fingerprint density at radius 1 is 1.16 bits per heavy atom. The minimum atomic E-state index is -0.942. The predicted octanol–water partition coefficient (Wildman–Crippen LogP) is 6.11. The van der Waals surface area contributed by atoms with Crippen molar-refractivity contribution in [1.29, 1.82) is 5.26 Å². The SMILES string of the molecule is CO[C@@H](C)c1ncccc1-c1c2c3cc(ccc3n1C1CC(C#N)C1)-c1csc(n1)[C@@H](N1CC3(CCN3)C1)[C@H](NC(=O)C1[C@@H](C)[C@H]1C)C(=O)N1CCC[C@H](N1)C(=O)OCC(C)(C)C2. The lowest BCUT2D eigenvalue weighted by Crippen LogP contribution is -2.77. The van der Waals surface area contributed by atoms with Gasteiger partial charge in [-0.25, -0.2) is 10.4 Å². The fourth-order valence-electron chi connectivity index (χ4n) is 10.9. The first kappa shape index (κ1) is 42.2. The summed E-state index contributed by atoms with van der Waals surface area (Å²) in [6, 6.07) is 11.0. The molecule has 4 aromatic rings. The summed E-state index contributed by atoms with van der Waals surface area (Å²) in [6.45, 7) is 13.4. The lowest BCUT2D eigenvalue weighted by molar-refractivity contribution is -0.156. The summed E-state index contributed by atoms with van der Waals surface area (Å²) in [5, 5.41) is 22.2. The molecule has 14 nitrogen and oxygen atoms in total. The van der Waals surface area contributed by atoms with Crippen molar-refractivity contribution in [2.24, 2.45) is 29.1 Å². The van der Waals surface area contributed by atoms with Gasteiger partial charge in [0.1, 0.15) is 17.1 Å². The maximum atomic E-state index is 15.0. The molecule has 1 aromatic carbocycles. The number of hydrogen-bond acceptors (Lipinski definition) is 12. The normalized spacial score (nSPS) is 30.6. The number of aromatic nitrogens is 3. The number of carbonyl (C=O) groups excluding carboxylic acids is 3. The molecule has 6 aliphatic rings. The number of thiazole rings is 1. The predicted molar refractivity (Wildman–Crippen MR) is 239 cm³/mol. The van der Waals surface area contributed by atoms with E-state index in [2.05, 4.69) is 88.9 Å². The maximum Gasteiger partial charge on any atom is 0.324 e. The average Bonchev–Trinajstić information content (AvgIpc) is 3.50. The Morgan fingerprint density at radius 2 is 1.94 bits per heavy atom. The molecule has 7 heterocycles. The van der Waals surface area contributed by atoms with Crippen LogP contribution in [-0.2, 0) is 30.3 Å². The van der Waals surface area contributed by atoms with E-state index in [4.69, 9.17) is 19.4 Å². The van der Waals surface area contributed by atoms with Gasteiger partial charge in [-0.2, -0.15) is 5.26 Å². The van der Waals surface area contributed by atoms with Crippen LogP contribution < -0.4 is 16.1 Å². The third-order valence-electron chi connectivity index (χ3n) is 15.2. The van der Waals surface area contributed by atoms with E-state index < -0.39 is 29.5 Å². The molecule has 332 valence electrons. The third-order valence-corrected chi connectivity index (χ3v) is 16.1. The van der Waals surface area contributed by atoms with Gasteiger partial charge in [0.2, 0.25) is 5.91 Å². The van der Waals surface area contributed by atoms with Crippen LogP contribution in [0.4, 0.5) is 0 Å². The number of rotatable bonds is 7. The van der Waals surface area contributed by atoms with Crippen molar-refractivity contribution in [3.63, 3.8) is 0 Å². The Kier molecular flexibility index (Phi) is 10.8. The Bertz CT molecular complexity index is 2480. The van der Waals surface area contributed by atoms with Crippen LogP contribution in [-0.4, -0.2) is 99.7 Å². The molecule has 4 aliphatic heterocycles. The van der Waals surface area contributed by atoms with Gasteiger partial charge in [0.05, 0.1) is 47.8 Å². The van der Waals surface area contributed by atoms with Crippen LogP contribution in [0.5, 0.6) is 0 Å². The standard InChI is InChI=1S/C48H59N9O5S/c1-26-27(2)38(26)43(58)53-40-42(55-23-48(24-55)13-15-51-48)44-52-36(22-63-44)30-11-12-37-33(19-30)34(20-47(4,5)25-62-46(60)35-10-8-16-56(54-35)45(40)59)41(57(37)31-17-29(18-31)21-49)32-9-7-14-50-39(32)28(3)61-6/h7,9,11-12,14,19,22,26-29,31,35,38,40,42,51,54H,8,10,13,15-18,20,23-25H2,1-6H3,(H,53,58)/t26-,27+,28-,29?,31?,35-,38?,40-,42-/m0/s1. The van der Waals surface area contributed by atoms with Gasteiger partial charge in [-0.3, -0.25) is 29.3 Å². The van der Waals surface area contributed by atoms with Gasteiger partial charge in [-0.15, -0.1) is 11.3 Å². The number of fused-ring (bicyclic) bond motifs is 6. The van der Waals surface area contributed by atoms with Crippen molar-refractivity contribution in [2.45, 2.75) is 109 Å². The second kappa shape index (κ2) is 16.1. The van der Waals surface area contributed by atoms with Gasteiger partial charge in [-0.1, -0.05) is 33.8 Å². The van der Waals surface area contributed by atoms with Crippen LogP contribution in [0.25, 0.3) is 33.4 Å². The fraction of sp³-hybridized carbons (Fsp3) is 0.583. The van der Waals surface area contributed by atoms with Gasteiger partial charge in [0.15, 0.2) is 0 Å². The largest absolute Gasteiger partial charge is 0.464 e. The van der Waals surface area contributed by atoms with Crippen LogP contribution >= 0.6 is 11.3 Å². The number of carbonyl (C=O) groups is 3. The average molecular weight is 874 g/mol. The molecule has 63 heavy (non-hydrogen) atoms. The molecule has 1 spiro atoms. The number of amides is 2. The molecular weight excluding hydrogens is 815 g/mol. The van der Waals surface area contributed by atoms with Gasteiger partial charge in [0.25, 0.3) is 5.91 Å². The molecule has 2 aliphatic carbocycles. The zero-order chi connectivity index (χ0) is 43.9. The zero-order valence-corrected chi connectivity index (χ0v) is 38.0. The summed E-state index contributed by atoms with van der Waals surface area (Å²) >= 11 is 1.52. The number of nitriles is 1. The monoisotopic (exact) mass is 873 g/mol. The Labute approximate surface area is 373 Å². The number of hydrogen-bond donors (Lipinski definition) is 3. The number of nitrogens with zero attached hydrogens (tertiary/aromatic N) is 6. The number of benzene rings is 1. The maximum absolute atomic E-state index is 15.0. The molecule has 5 fully saturated rings. The summed E-state index contributed by atoms with van der Waals surface area (Å²) in [4.78, 5) is 55.7. The quantitative estimate of drug-likeness (QED) is 0.184. The molecule has 2 amide bonds. The van der Waals surface area contributed by atoms with E-state index in [0.29, 0.717) is 25.8 Å². The van der Waals surface area contributed by atoms with Gasteiger partial charge < -0.3 is 24.7 Å². The fourth-order valence-corrected chi connectivity index (χ4v) is 11.9. The van der Waals surface area contributed by atoms with Crippen molar-refractivity contribution >= 4 is 40.0 Å².